The molecule has 1 aliphatic rings. The Hall–Kier alpha value is -1.02. The number of para-hydroxylation sites is 1. The van der Waals surface area contributed by atoms with Gasteiger partial charge < -0.3 is 10.0 Å². The molecule has 1 unspecified atom stereocenters. The lowest BCUT2D eigenvalue weighted by atomic mass is 9.99. The van der Waals surface area contributed by atoms with E-state index in [9.17, 15) is 5.11 Å². The maximum atomic E-state index is 9.98. The Bertz CT molecular complexity index is 306. The summed E-state index contributed by atoms with van der Waals surface area (Å²) in [6, 6.07) is 7.98. The van der Waals surface area contributed by atoms with Gasteiger partial charge in [0.2, 0.25) is 0 Å². The van der Waals surface area contributed by atoms with Crippen molar-refractivity contribution in [2.45, 2.75) is 12.5 Å². The first-order chi connectivity index (χ1) is 5.61. The summed E-state index contributed by atoms with van der Waals surface area (Å²) in [5.74, 6) is 0. The number of aliphatic hydroxyl groups is 1. The molecule has 12 heavy (non-hydrogen) atoms. The normalized spacial score (nSPS) is 27.4. The molecule has 0 spiro atoms. The Labute approximate surface area is 72.4 Å². The molecule has 2 nitrogen and oxygen atoms in total. The average Bonchev–Trinajstić information content (AvgIpc) is 2.25. The Morgan fingerprint density at radius 1 is 1.42 bits per heavy atom. The third kappa shape index (κ3) is 0.916. The van der Waals surface area contributed by atoms with Crippen LogP contribution in [0.25, 0.3) is 0 Å². The zero-order valence-corrected chi connectivity index (χ0v) is 7.41. The molecular weight excluding hydrogens is 150 g/mol. The third-order valence-corrected chi connectivity index (χ3v) is 2.44. The van der Waals surface area contributed by atoms with E-state index in [4.69, 9.17) is 0 Å². The van der Waals surface area contributed by atoms with E-state index in [2.05, 4.69) is 4.90 Å². The summed E-state index contributed by atoms with van der Waals surface area (Å²) in [5, 5.41) is 9.98. The second-order valence-corrected chi connectivity index (χ2v) is 3.65. The Kier molecular flexibility index (Phi) is 1.42. The molecule has 0 saturated carbocycles. The van der Waals surface area contributed by atoms with Gasteiger partial charge in [-0.15, -0.1) is 0 Å². The van der Waals surface area contributed by atoms with Crippen molar-refractivity contribution in [3.63, 3.8) is 0 Å². The SMILES string of the molecule is CN1CC(C)(O)c2ccccc21. The number of nitrogens with zero attached hydrogens (tertiary/aromatic N) is 1. The van der Waals surface area contributed by atoms with Crippen LogP contribution in [0, 0.1) is 0 Å². The number of benzene rings is 1. The van der Waals surface area contributed by atoms with E-state index in [-0.39, 0.29) is 0 Å². The van der Waals surface area contributed by atoms with Gasteiger partial charge in [-0.3, -0.25) is 0 Å². The molecule has 0 saturated heterocycles. The van der Waals surface area contributed by atoms with E-state index < -0.39 is 5.60 Å². The molecule has 0 bridgehead atoms. The lowest BCUT2D eigenvalue weighted by Crippen LogP contribution is -2.27. The largest absolute Gasteiger partial charge is 0.384 e. The van der Waals surface area contributed by atoms with Gasteiger partial charge in [0, 0.05) is 18.3 Å². The van der Waals surface area contributed by atoms with Gasteiger partial charge in [0.15, 0.2) is 0 Å². The van der Waals surface area contributed by atoms with E-state index in [1.54, 1.807) is 0 Å². The van der Waals surface area contributed by atoms with Gasteiger partial charge >= 0.3 is 0 Å². The summed E-state index contributed by atoms with van der Waals surface area (Å²) in [7, 11) is 2.00. The predicted octanol–water partition coefficient (Wildman–Crippen LogP) is 1.34. The number of hydrogen-bond acceptors (Lipinski definition) is 2. The summed E-state index contributed by atoms with van der Waals surface area (Å²) in [6.07, 6.45) is 0. The van der Waals surface area contributed by atoms with Gasteiger partial charge in [-0.05, 0) is 13.0 Å². The second-order valence-electron chi connectivity index (χ2n) is 3.65. The van der Waals surface area contributed by atoms with Gasteiger partial charge in [-0.1, -0.05) is 18.2 Å². The molecule has 2 rings (SSSR count). The summed E-state index contributed by atoms with van der Waals surface area (Å²) in [4.78, 5) is 2.08. The molecule has 2 heteroatoms. The van der Waals surface area contributed by atoms with Crippen LogP contribution in [-0.2, 0) is 5.60 Å². The summed E-state index contributed by atoms with van der Waals surface area (Å²) < 4.78 is 0. The fourth-order valence-electron chi connectivity index (χ4n) is 1.89. The Morgan fingerprint density at radius 2 is 2.08 bits per heavy atom. The molecule has 1 aromatic rings. The Morgan fingerprint density at radius 3 is 2.75 bits per heavy atom. The number of anilines is 1. The maximum Gasteiger partial charge on any atom is 0.106 e. The van der Waals surface area contributed by atoms with E-state index in [1.165, 1.54) is 0 Å². The number of fused-ring (bicyclic) bond motifs is 1. The quantitative estimate of drug-likeness (QED) is 0.624. The van der Waals surface area contributed by atoms with Gasteiger partial charge in [0.1, 0.15) is 5.60 Å². The van der Waals surface area contributed by atoms with Crippen molar-refractivity contribution in [2.24, 2.45) is 0 Å². The van der Waals surface area contributed by atoms with Crippen molar-refractivity contribution in [2.75, 3.05) is 18.5 Å². The van der Waals surface area contributed by atoms with Gasteiger partial charge in [0.25, 0.3) is 0 Å². The zero-order valence-electron chi connectivity index (χ0n) is 7.41. The highest BCUT2D eigenvalue weighted by Gasteiger charge is 2.34. The van der Waals surface area contributed by atoms with Crippen LogP contribution in [0.1, 0.15) is 12.5 Å². The van der Waals surface area contributed by atoms with Crippen molar-refractivity contribution >= 4 is 5.69 Å². The van der Waals surface area contributed by atoms with Crippen LogP contribution in [0.5, 0.6) is 0 Å². The summed E-state index contributed by atoms with van der Waals surface area (Å²) >= 11 is 0. The molecule has 0 fully saturated rings. The molecule has 1 aliphatic heterocycles. The van der Waals surface area contributed by atoms with Crippen LogP contribution < -0.4 is 4.90 Å². The maximum absolute atomic E-state index is 9.98. The molecule has 1 aromatic carbocycles. The highest BCUT2D eigenvalue weighted by Crippen LogP contribution is 2.37. The summed E-state index contributed by atoms with van der Waals surface area (Å²) in [5.41, 5.74) is 1.50. The molecular formula is C10H13NO. The van der Waals surface area contributed by atoms with Gasteiger partial charge in [0.05, 0.1) is 6.54 Å². The number of hydrogen-bond donors (Lipinski definition) is 1. The fourth-order valence-corrected chi connectivity index (χ4v) is 1.89. The first-order valence-corrected chi connectivity index (χ1v) is 4.14. The average molecular weight is 163 g/mol. The lowest BCUT2D eigenvalue weighted by molar-refractivity contribution is 0.0755. The minimum atomic E-state index is -0.675. The van der Waals surface area contributed by atoms with Gasteiger partial charge in [-0.25, -0.2) is 0 Å². The molecule has 0 aliphatic carbocycles. The number of rotatable bonds is 0. The lowest BCUT2D eigenvalue weighted by Gasteiger charge is -2.17. The van der Waals surface area contributed by atoms with Crippen molar-refractivity contribution in [1.29, 1.82) is 0 Å². The molecule has 1 heterocycles. The highest BCUT2D eigenvalue weighted by molar-refractivity contribution is 5.60. The Balaban J connectivity index is 2.58. The van der Waals surface area contributed by atoms with Crippen LogP contribution in [0.4, 0.5) is 5.69 Å². The second kappa shape index (κ2) is 2.23. The molecule has 1 atom stereocenters. The number of likely N-dealkylation sites (N-methyl/N-ethyl adjacent to an activating group) is 1. The van der Waals surface area contributed by atoms with E-state index in [0.29, 0.717) is 6.54 Å². The van der Waals surface area contributed by atoms with Gasteiger partial charge in [-0.2, -0.15) is 0 Å². The zero-order chi connectivity index (χ0) is 8.77. The van der Waals surface area contributed by atoms with Crippen LogP contribution in [0.3, 0.4) is 0 Å². The van der Waals surface area contributed by atoms with Crippen LogP contribution in [0.2, 0.25) is 0 Å². The van der Waals surface area contributed by atoms with Crippen LogP contribution >= 0.6 is 0 Å². The monoisotopic (exact) mass is 163 g/mol. The molecule has 1 N–H and O–H groups in total. The minimum absolute atomic E-state index is 0.675. The van der Waals surface area contributed by atoms with Crippen molar-refractivity contribution in [3.05, 3.63) is 29.8 Å². The van der Waals surface area contributed by atoms with E-state index in [1.807, 2.05) is 38.2 Å². The number of β-amino-alcohol motifs (C(OH)–C–C–N with tert-alkyl or cyclic N) is 1. The third-order valence-electron chi connectivity index (χ3n) is 2.44. The van der Waals surface area contributed by atoms with Crippen LogP contribution in [0.15, 0.2) is 24.3 Å². The summed E-state index contributed by atoms with van der Waals surface area (Å²) in [6.45, 7) is 2.54. The van der Waals surface area contributed by atoms with Crippen LogP contribution in [-0.4, -0.2) is 18.7 Å². The van der Waals surface area contributed by atoms with Crippen molar-refractivity contribution in [1.82, 2.24) is 0 Å². The molecule has 0 aromatic heterocycles. The van der Waals surface area contributed by atoms with E-state index >= 15 is 0 Å². The topological polar surface area (TPSA) is 23.5 Å². The highest BCUT2D eigenvalue weighted by atomic mass is 16.3. The molecule has 64 valence electrons. The van der Waals surface area contributed by atoms with E-state index in [0.717, 1.165) is 11.3 Å². The first-order valence-electron chi connectivity index (χ1n) is 4.14. The molecule has 0 radical (unpaired) electrons. The minimum Gasteiger partial charge on any atom is -0.384 e. The molecule has 0 amide bonds. The smallest absolute Gasteiger partial charge is 0.106 e. The predicted molar refractivity (Wildman–Crippen MR) is 49.3 cm³/mol. The fraction of sp³-hybridized carbons (Fsp3) is 0.400. The first kappa shape index (κ1) is 7.62. The van der Waals surface area contributed by atoms with Crippen molar-refractivity contribution in [3.8, 4) is 0 Å². The van der Waals surface area contributed by atoms with Crippen molar-refractivity contribution < 1.29 is 5.11 Å². The standard InChI is InChI=1S/C10H13NO/c1-10(12)7-11(2)9-6-4-3-5-8(9)10/h3-6,12H,7H2,1-2H3.